The predicted octanol–water partition coefficient (Wildman–Crippen LogP) is 3.05. The van der Waals surface area contributed by atoms with Crippen molar-refractivity contribution < 1.29 is 13.2 Å². The second-order valence-electron chi connectivity index (χ2n) is 7.98. The zero-order valence-corrected chi connectivity index (χ0v) is 19.1. The molecule has 1 aliphatic rings. The van der Waals surface area contributed by atoms with Crippen LogP contribution in [0.15, 0.2) is 42.5 Å². The number of likely N-dealkylation sites (N-methyl/N-ethyl adjacent to an activating group) is 1. The van der Waals surface area contributed by atoms with Crippen molar-refractivity contribution >= 4 is 21.6 Å². The molecule has 0 spiro atoms. The summed E-state index contributed by atoms with van der Waals surface area (Å²) in [6.07, 6.45) is 1.22. The van der Waals surface area contributed by atoms with Crippen molar-refractivity contribution in [3.05, 3.63) is 64.7 Å². The van der Waals surface area contributed by atoms with E-state index in [2.05, 4.69) is 11.8 Å². The van der Waals surface area contributed by atoms with Crippen LogP contribution >= 0.6 is 0 Å². The van der Waals surface area contributed by atoms with Crippen LogP contribution in [0.2, 0.25) is 0 Å². The molecular weight excluding hydrogens is 398 g/mol. The average molecular weight is 430 g/mol. The van der Waals surface area contributed by atoms with Gasteiger partial charge in [-0.15, -0.1) is 0 Å². The summed E-state index contributed by atoms with van der Waals surface area (Å²) in [6.45, 7) is 10.5. The Hall–Kier alpha value is -2.38. The van der Waals surface area contributed by atoms with E-state index in [1.54, 1.807) is 12.1 Å². The Morgan fingerprint density at radius 2 is 1.63 bits per heavy atom. The summed E-state index contributed by atoms with van der Waals surface area (Å²) in [5, 5.41) is 0. The number of carbonyl (C=O) groups excluding carboxylic acids is 1. The lowest BCUT2D eigenvalue weighted by Gasteiger charge is -2.34. The van der Waals surface area contributed by atoms with E-state index in [0.717, 1.165) is 49.4 Å². The molecular formula is C23H31N3O3S. The molecule has 0 atom stereocenters. The molecule has 30 heavy (non-hydrogen) atoms. The molecule has 0 saturated carbocycles. The summed E-state index contributed by atoms with van der Waals surface area (Å²) in [5.41, 5.74) is 4.08. The van der Waals surface area contributed by atoms with Crippen LogP contribution in [-0.4, -0.2) is 63.1 Å². The number of aryl methyl sites for hydroxylation is 2. The van der Waals surface area contributed by atoms with Gasteiger partial charge in [-0.25, -0.2) is 8.42 Å². The van der Waals surface area contributed by atoms with Gasteiger partial charge in [0.05, 0.1) is 18.5 Å². The van der Waals surface area contributed by atoms with Crippen molar-refractivity contribution in [1.29, 1.82) is 0 Å². The minimum absolute atomic E-state index is 0.0341. The fraction of sp³-hybridized carbons (Fsp3) is 0.435. The summed E-state index contributed by atoms with van der Waals surface area (Å²) in [7, 11) is -3.45. The van der Waals surface area contributed by atoms with E-state index in [9.17, 15) is 13.2 Å². The highest BCUT2D eigenvalue weighted by Crippen LogP contribution is 2.26. The number of piperazine rings is 1. The Kier molecular flexibility index (Phi) is 6.83. The fourth-order valence-corrected chi connectivity index (χ4v) is 4.68. The molecule has 1 amide bonds. The van der Waals surface area contributed by atoms with Crippen LogP contribution in [0.3, 0.4) is 0 Å². The van der Waals surface area contributed by atoms with Crippen LogP contribution in [0.25, 0.3) is 0 Å². The van der Waals surface area contributed by atoms with E-state index in [4.69, 9.17) is 0 Å². The Balaban J connectivity index is 1.76. The van der Waals surface area contributed by atoms with Gasteiger partial charge >= 0.3 is 0 Å². The van der Waals surface area contributed by atoms with E-state index in [1.807, 2.05) is 49.1 Å². The third-order valence-corrected chi connectivity index (χ3v) is 6.79. The molecule has 1 saturated heterocycles. The predicted molar refractivity (Wildman–Crippen MR) is 121 cm³/mol. The number of amides is 1. The normalized spacial score (nSPS) is 15.3. The van der Waals surface area contributed by atoms with Crippen LogP contribution in [0.4, 0.5) is 5.69 Å². The highest BCUT2D eigenvalue weighted by atomic mass is 32.2. The third kappa shape index (κ3) is 5.21. The SMILES string of the molecule is CCN1CCN(C(=O)c2ccc(CN(c3cc(C)ccc3C)S(C)(=O)=O)cc2)CC1. The first-order valence-corrected chi connectivity index (χ1v) is 12.2. The number of hydrogen-bond donors (Lipinski definition) is 0. The first-order chi connectivity index (χ1) is 14.2. The number of hydrogen-bond acceptors (Lipinski definition) is 4. The molecule has 0 aromatic heterocycles. The Morgan fingerprint density at radius 3 is 2.20 bits per heavy atom. The standard InChI is InChI=1S/C23H31N3O3S/c1-5-24-12-14-25(15-13-24)23(27)21-10-8-20(9-11-21)17-26(30(4,28)29)22-16-18(2)6-7-19(22)3/h6-11,16H,5,12-15,17H2,1-4H3. The van der Waals surface area contributed by atoms with E-state index in [-0.39, 0.29) is 12.5 Å². The Labute approximate surface area is 180 Å². The molecule has 0 aliphatic carbocycles. The average Bonchev–Trinajstić information content (AvgIpc) is 2.73. The molecule has 162 valence electrons. The zero-order chi connectivity index (χ0) is 21.9. The topological polar surface area (TPSA) is 60.9 Å². The first kappa shape index (κ1) is 22.3. The molecule has 6 nitrogen and oxygen atoms in total. The molecule has 1 fully saturated rings. The van der Waals surface area contributed by atoms with Crippen molar-refractivity contribution in [3.8, 4) is 0 Å². The van der Waals surface area contributed by atoms with Gasteiger partial charge in [0, 0.05) is 31.7 Å². The van der Waals surface area contributed by atoms with Gasteiger partial charge in [-0.2, -0.15) is 0 Å². The molecule has 1 aliphatic heterocycles. The maximum atomic E-state index is 12.8. The van der Waals surface area contributed by atoms with E-state index < -0.39 is 10.0 Å². The van der Waals surface area contributed by atoms with Crippen molar-refractivity contribution in [2.75, 3.05) is 43.3 Å². The van der Waals surface area contributed by atoms with Crippen LogP contribution in [0, 0.1) is 13.8 Å². The van der Waals surface area contributed by atoms with Crippen molar-refractivity contribution in [2.45, 2.75) is 27.3 Å². The summed E-state index contributed by atoms with van der Waals surface area (Å²) in [4.78, 5) is 17.0. The van der Waals surface area contributed by atoms with E-state index >= 15 is 0 Å². The van der Waals surface area contributed by atoms with Crippen molar-refractivity contribution in [3.63, 3.8) is 0 Å². The number of sulfonamides is 1. The quantitative estimate of drug-likeness (QED) is 0.708. The van der Waals surface area contributed by atoms with Gasteiger partial charge in [0.2, 0.25) is 10.0 Å². The summed E-state index contributed by atoms with van der Waals surface area (Å²) in [5.74, 6) is 0.0341. The van der Waals surface area contributed by atoms with Gasteiger partial charge in [-0.1, -0.05) is 31.2 Å². The Morgan fingerprint density at radius 1 is 1.00 bits per heavy atom. The third-order valence-electron chi connectivity index (χ3n) is 5.67. The molecule has 2 aromatic carbocycles. The van der Waals surface area contributed by atoms with Crippen molar-refractivity contribution in [1.82, 2.24) is 9.80 Å². The minimum Gasteiger partial charge on any atom is -0.336 e. The molecule has 0 bridgehead atoms. The van der Waals surface area contributed by atoms with Gasteiger partial charge < -0.3 is 9.80 Å². The lowest BCUT2D eigenvalue weighted by molar-refractivity contribution is 0.0643. The lowest BCUT2D eigenvalue weighted by atomic mass is 10.1. The van der Waals surface area contributed by atoms with Gasteiger partial charge in [0.1, 0.15) is 0 Å². The molecule has 0 N–H and O–H groups in total. The molecule has 3 rings (SSSR count). The molecule has 0 radical (unpaired) electrons. The smallest absolute Gasteiger partial charge is 0.253 e. The van der Waals surface area contributed by atoms with E-state index in [0.29, 0.717) is 11.3 Å². The first-order valence-electron chi connectivity index (χ1n) is 10.3. The molecule has 0 unspecified atom stereocenters. The van der Waals surface area contributed by atoms with Gasteiger partial charge in [0.15, 0.2) is 0 Å². The summed E-state index contributed by atoms with van der Waals surface area (Å²) in [6, 6.07) is 13.1. The summed E-state index contributed by atoms with van der Waals surface area (Å²) >= 11 is 0. The second kappa shape index (κ2) is 9.18. The van der Waals surface area contributed by atoms with Crippen LogP contribution in [-0.2, 0) is 16.6 Å². The van der Waals surface area contributed by atoms with Crippen molar-refractivity contribution in [2.24, 2.45) is 0 Å². The number of nitrogens with zero attached hydrogens (tertiary/aromatic N) is 3. The van der Waals surface area contributed by atoms with E-state index in [1.165, 1.54) is 10.6 Å². The maximum absolute atomic E-state index is 12.8. The van der Waals surface area contributed by atoms with Crippen LogP contribution < -0.4 is 4.31 Å². The second-order valence-corrected chi connectivity index (χ2v) is 9.89. The zero-order valence-electron chi connectivity index (χ0n) is 18.3. The van der Waals surface area contributed by atoms with Gasteiger partial charge in [-0.3, -0.25) is 9.10 Å². The molecule has 7 heteroatoms. The van der Waals surface area contributed by atoms with Gasteiger partial charge in [-0.05, 0) is 55.3 Å². The number of benzene rings is 2. The minimum atomic E-state index is -3.45. The number of carbonyl (C=O) groups is 1. The monoisotopic (exact) mass is 429 g/mol. The summed E-state index contributed by atoms with van der Waals surface area (Å²) < 4.78 is 26.4. The Bertz CT molecular complexity index is 995. The largest absolute Gasteiger partial charge is 0.336 e. The highest BCUT2D eigenvalue weighted by Gasteiger charge is 2.22. The van der Waals surface area contributed by atoms with Crippen LogP contribution in [0.5, 0.6) is 0 Å². The number of anilines is 1. The fourth-order valence-electron chi connectivity index (χ4n) is 3.74. The van der Waals surface area contributed by atoms with Crippen LogP contribution in [0.1, 0.15) is 34.0 Å². The molecule has 2 aromatic rings. The lowest BCUT2D eigenvalue weighted by Crippen LogP contribution is -2.48. The maximum Gasteiger partial charge on any atom is 0.253 e. The van der Waals surface area contributed by atoms with Gasteiger partial charge in [0.25, 0.3) is 5.91 Å². The number of rotatable bonds is 6. The highest BCUT2D eigenvalue weighted by molar-refractivity contribution is 7.92. The molecule has 1 heterocycles.